The molecule has 18 heavy (non-hydrogen) atoms. The Labute approximate surface area is 107 Å². The Hall–Kier alpha value is -2.22. The third kappa shape index (κ3) is 2.23. The second-order valence-electron chi connectivity index (χ2n) is 4.24. The number of benzene rings is 2. The Bertz CT molecular complexity index is 534. The normalized spacial score (nSPS) is 14.9. The van der Waals surface area contributed by atoms with Crippen LogP contribution in [0.5, 0.6) is 0 Å². The monoisotopic (exact) mass is 237 g/mol. The largest absolute Gasteiger partial charge is 0.490 e. The van der Waals surface area contributed by atoms with Crippen molar-refractivity contribution in [2.45, 2.75) is 0 Å². The molecule has 0 aromatic heterocycles. The van der Waals surface area contributed by atoms with E-state index in [4.69, 9.17) is 4.74 Å². The highest BCUT2D eigenvalue weighted by Crippen LogP contribution is 2.23. The van der Waals surface area contributed by atoms with Gasteiger partial charge in [0.25, 0.3) is 0 Å². The van der Waals surface area contributed by atoms with Crippen LogP contribution in [-0.4, -0.2) is 13.2 Å². The minimum atomic E-state index is 0.718. The fourth-order valence-electron chi connectivity index (χ4n) is 2.08. The number of anilines is 1. The molecule has 1 aliphatic rings. The fourth-order valence-corrected chi connectivity index (χ4v) is 2.08. The first-order valence-electron chi connectivity index (χ1n) is 6.15. The van der Waals surface area contributed by atoms with Crippen LogP contribution in [0.1, 0.15) is 5.56 Å². The Morgan fingerprint density at radius 1 is 0.833 bits per heavy atom. The lowest BCUT2D eigenvalue weighted by molar-refractivity contribution is 0.274. The zero-order chi connectivity index (χ0) is 12.2. The number of nitrogens with zero attached hydrogens (tertiary/aromatic N) is 1. The molecule has 0 saturated heterocycles. The highest BCUT2D eigenvalue weighted by molar-refractivity contribution is 5.65. The molecule has 2 heteroatoms. The Morgan fingerprint density at radius 3 is 2.22 bits per heavy atom. The predicted octanol–water partition coefficient (Wildman–Crippen LogP) is 3.52. The van der Waals surface area contributed by atoms with E-state index in [1.165, 1.54) is 5.69 Å². The fraction of sp³-hybridized carbons (Fsp3) is 0.125. The van der Waals surface area contributed by atoms with E-state index in [0.29, 0.717) is 0 Å². The zero-order valence-electron chi connectivity index (χ0n) is 10.1. The molecule has 0 spiro atoms. The van der Waals surface area contributed by atoms with Crippen LogP contribution in [-0.2, 0) is 4.74 Å². The van der Waals surface area contributed by atoms with Gasteiger partial charge in [-0.15, -0.1) is 0 Å². The first-order chi connectivity index (χ1) is 8.93. The van der Waals surface area contributed by atoms with Crippen molar-refractivity contribution in [3.05, 3.63) is 72.4 Å². The first-order valence-corrected chi connectivity index (χ1v) is 6.15. The minimum Gasteiger partial charge on any atom is -0.490 e. The Balaban J connectivity index is 1.91. The summed E-state index contributed by atoms with van der Waals surface area (Å²) < 4.78 is 5.74. The van der Waals surface area contributed by atoms with Gasteiger partial charge in [-0.3, -0.25) is 0 Å². The number of ether oxygens (including phenoxy) is 1. The third-order valence-corrected chi connectivity index (χ3v) is 3.01. The lowest BCUT2D eigenvalue weighted by atomic mass is 10.2. The van der Waals surface area contributed by atoms with Gasteiger partial charge in [0.2, 0.25) is 0 Å². The van der Waals surface area contributed by atoms with Gasteiger partial charge in [-0.05, 0) is 12.1 Å². The van der Waals surface area contributed by atoms with Crippen LogP contribution in [0.25, 0.3) is 5.76 Å². The maximum atomic E-state index is 5.74. The SMILES string of the molecule is C1=C(c2ccccc2)OCCN1c1ccccc1. The summed E-state index contributed by atoms with van der Waals surface area (Å²) in [6.45, 7) is 1.61. The lowest BCUT2D eigenvalue weighted by Gasteiger charge is -2.27. The number of hydrogen-bond donors (Lipinski definition) is 0. The van der Waals surface area contributed by atoms with Crippen LogP contribution < -0.4 is 4.90 Å². The van der Waals surface area contributed by atoms with Gasteiger partial charge in [0.1, 0.15) is 12.4 Å². The van der Waals surface area contributed by atoms with Gasteiger partial charge in [-0.2, -0.15) is 0 Å². The van der Waals surface area contributed by atoms with Crippen LogP contribution in [0.4, 0.5) is 5.69 Å². The summed E-state index contributed by atoms with van der Waals surface area (Å²) in [5.74, 6) is 0.936. The smallest absolute Gasteiger partial charge is 0.142 e. The van der Waals surface area contributed by atoms with Gasteiger partial charge in [-0.1, -0.05) is 48.5 Å². The van der Waals surface area contributed by atoms with E-state index in [9.17, 15) is 0 Å². The molecule has 0 fully saturated rings. The quantitative estimate of drug-likeness (QED) is 0.792. The zero-order valence-corrected chi connectivity index (χ0v) is 10.1. The third-order valence-electron chi connectivity index (χ3n) is 3.01. The first kappa shape index (κ1) is 10.9. The molecule has 1 aliphatic heterocycles. The molecule has 0 unspecified atom stereocenters. The summed E-state index contributed by atoms with van der Waals surface area (Å²) in [5.41, 5.74) is 2.33. The van der Waals surface area contributed by atoms with Crippen LogP contribution in [0, 0.1) is 0 Å². The maximum absolute atomic E-state index is 5.74. The highest BCUT2D eigenvalue weighted by Gasteiger charge is 2.13. The molecule has 3 rings (SSSR count). The molecule has 0 amide bonds. The van der Waals surface area contributed by atoms with Gasteiger partial charge in [0.15, 0.2) is 0 Å². The number of hydrogen-bond acceptors (Lipinski definition) is 2. The van der Waals surface area contributed by atoms with Gasteiger partial charge in [-0.25, -0.2) is 0 Å². The van der Waals surface area contributed by atoms with E-state index in [2.05, 4.69) is 47.5 Å². The highest BCUT2D eigenvalue weighted by atomic mass is 16.5. The van der Waals surface area contributed by atoms with Crippen LogP contribution in [0.15, 0.2) is 66.9 Å². The van der Waals surface area contributed by atoms with Crippen molar-refractivity contribution in [3.63, 3.8) is 0 Å². The molecule has 0 N–H and O–H groups in total. The summed E-state index contributed by atoms with van der Waals surface area (Å²) >= 11 is 0. The molecule has 2 nitrogen and oxygen atoms in total. The molecule has 0 radical (unpaired) electrons. The standard InChI is InChI=1S/C16H15NO/c1-3-7-14(8-4-1)16-13-17(11-12-18-16)15-9-5-2-6-10-15/h1-10,13H,11-12H2. The Kier molecular flexibility index (Phi) is 3.01. The molecule has 2 aromatic rings. The van der Waals surface area contributed by atoms with Crippen molar-refractivity contribution in [1.82, 2.24) is 0 Å². The maximum Gasteiger partial charge on any atom is 0.142 e. The molecular weight excluding hydrogens is 222 g/mol. The molecule has 0 atom stereocenters. The predicted molar refractivity (Wildman–Crippen MR) is 74.2 cm³/mol. The van der Waals surface area contributed by atoms with E-state index in [0.717, 1.165) is 24.5 Å². The number of rotatable bonds is 2. The molecule has 1 heterocycles. The van der Waals surface area contributed by atoms with Crippen molar-refractivity contribution in [1.29, 1.82) is 0 Å². The van der Waals surface area contributed by atoms with Gasteiger partial charge >= 0.3 is 0 Å². The van der Waals surface area contributed by atoms with Crippen molar-refractivity contribution >= 4 is 11.4 Å². The summed E-state index contributed by atoms with van der Waals surface area (Å²) in [7, 11) is 0. The van der Waals surface area contributed by atoms with Crippen molar-refractivity contribution in [2.75, 3.05) is 18.1 Å². The van der Waals surface area contributed by atoms with E-state index >= 15 is 0 Å². The molecule has 0 aliphatic carbocycles. The summed E-state index contributed by atoms with van der Waals surface area (Å²) in [6, 6.07) is 20.6. The average Bonchev–Trinajstić information content (AvgIpc) is 2.49. The molecular formula is C16H15NO. The molecule has 0 saturated carbocycles. The van der Waals surface area contributed by atoms with Crippen LogP contribution in [0.2, 0.25) is 0 Å². The minimum absolute atomic E-state index is 0.718. The topological polar surface area (TPSA) is 12.5 Å². The van der Waals surface area contributed by atoms with Gasteiger partial charge in [0.05, 0.1) is 6.54 Å². The van der Waals surface area contributed by atoms with E-state index < -0.39 is 0 Å². The summed E-state index contributed by atoms with van der Waals surface area (Å²) in [5, 5.41) is 0. The van der Waals surface area contributed by atoms with Crippen LogP contribution >= 0.6 is 0 Å². The second kappa shape index (κ2) is 4.96. The summed E-state index contributed by atoms with van der Waals surface area (Å²) in [4.78, 5) is 2.23. The Morgan fingerprint density at radius 2 is 1.50 bits per heavy atom. The molecule has 2 aromatic carbocycles. The lowest BCUT2D eigenvalue weighted by Crippen LogP contribution is -2.26. The van der Waals surface area contributed by atoms with Crippen molar-refractivity contribution in [2.24, 2.45) is 0 Å². The van der Waals surface area contributed by atoms with Crippen molar-refractivity contribution < 1.29 is 4.74 Å². The summed E-state index contributed by atoms with van der Waals surface area (Å²) in [6.07, 6.45) is 2.08. The van der Waals surface area contributed by atoms with E-state index in [-0.39, 0.29) is 0 Å². The average molecular weight is 237 g/mol. The van der Waals surface area contributed by atoms with Crippen molar-refractivity contribution in [3.8, 4) is 0 Å². The van der Waals surface area contributed by atoms with E-state index in [1.807, 2.05) is 24.3 Å². The number of para-hydroxylation sites is 1. The van der Waals surface area contributed by atoms with Crippen LogP contribution in [0.3, 0.4) is 0 Å². The molecule has 0 bridgehead atoms. The van der Waals surface area contributed by atoms with Gasteiger partial charge in [0, 0.05) is 17.5 Å². The second-order valence-corrected chi connectivity index (χ2v) is 4.24. The molecule has 90 valence electrons. The van der Waals surface area contributed by atoms with E-state index in [1.54, 1.807) is 0 Å². The van der Waals surface area contributed by atoms with Gasteiger partial charge < -0.3 is 9.64 Å².